The fraction of sp³-hybridized carbons (Fsp3) is 0.545. The number of esters is 1. The van der Waals surface area contributed by atoms with Gasteiger partial charge in [0.05, 0.1) is 12.2 Å². The minimum Gasteiger partial charge on any atom is -0.463 e. The van der Waals surface area contributed by atoms with Crippen LogP contribution in [-0.4, -0.2) is 35.8 Å². The highest BCUT2D eigenvalue weighted by molar-refractivity contribution is 5.94. The molecule has 0 aromatic rings. The van der Waals surface area contributed by atoms with E-state index < -0.39 is 11.9 Å². The summed E-state index contributed by atoms with van der Waals surface area (Å²) in [6.45, 7) is 3.40. The summed E-state index contributed by atoms with van der Waals surface area (Å²) in [5.74, 6) is -1.25. The van der Waals surface area contributed by atoms with Crippen molar-refractivity contribution in [1.29, 1.82) is 0 Å². The molecule has 0 aliphatic carbocycles. The molecule has 0 fully saturated rings. The maximum Gasteiger partial charge on any atom is 0.335 e. The molecule has 0 aromatic carbocycles. The van der Waals surface area contributed by atoms with E-state index in [1.54, 1.807) is 13.8 Å². The van der Waals surface area contributed by atoms with Crippen molar-refractivity contribution < 1.29 is 19.1 Å². The van der Waals surface area contributed by atoms with E-state index in [0.717, 1.165) is 0 Å². The topological polar surface area (TPSA) is 89.7 Å². The number of primary amides is 1. The Morgan fingerprint density at radius 3 is 2.59 bits per heavy atom. The molecule has 1 rings (SSSR count). The molecular weight excluding hydrogens is 224 g/mol. The molecule has 1 aliphatic rings. The second-order valence-electron chi connectivity index (χ2n) is 3.73. The Morgan fingerprint density at radius 1 is 1.41 bits per heavy atom. The fourth-order valence-corrected chi connectivity index (χ4v) is 1.73. The highest BCUT2D eigenvalue weighted by Gasteiger charge is 2.28. The predicted octanol–water partition coefficient (Wildman–Crippen LogP) is -0.0688. The lowest BCUT2D eigenvalue weighted by atomic mass is 10.0. The van der Waals surface area contributed by atoms with Crippen molar-refractivity contribution in [2.75, 3.05) is 13.2 Å². The van der Waals surface area contributed by atoms with Crippen LogP contribution < -0.4 is 5.73 Å². The van der Waals surface area contributed by atoms with Crippen molar-refractivity contribution in [3.05, 3.63) is 11.3 Å². The van der Waals surface area contributed by atoms with Crippen molar-refractivity contribution in [1.82, 2.24) is 4.90 Å². The minimum atomic E-state index is -0.609. The Balaban J connectivity index is 2.96. The summed E-state index contributed by atoms with van der Waals surface area (Å²) in [5.41, 5.74) is 5.95. The van der Waals surface area contributed by atoms with E-state index in [0.29, 0.717) is 17.7 Å². The molecule has 0 radical (unpaired) electrons. The van der Waals surface area contributed by atoms with Gasteiger partial charge in [-0.25, -0.2) is 4.79 Å². The quantitative estimate of drug-likeness (QED) is 0.696. The summed E-state index contributed by atoms with van der Waals surface area (Å²) in [4.78, 5) is 35.3. The molecule has 0 atom stereocenters. The predicted molar refractivity (Wildman–Crippen MR) is 59.5 cm³/mol. The number of nitrogens with zero attached hydrogens (tertiary/aromatic N) is 1. The minimum absolute atomic E-state index is 0.193. The molecule has 0 spiro atoms. The number of ether oxygens (including phenoxy) is 1. The number of carbonyl (C=O) groups excluding carboxylic acids is 3. The van der Waals surface area contributed by atoms with Gasteiger partial charge in [0.15, 0.2) is 0 Å². The number of allylic oxidation sites excluding steroid dienone is 1. The standard InChI is InChI=1S/C11H16N2O4/c1-3-17-11(16)8-4-5-10(15)13(7(8)2)6-9(12)14/h3-6H2,1-2H3,(H2,12,14). The van der Waals surface area contributed by atoms with Crippen LogP contribution >= 0.6 is 0 Å². The molecule has 17 heavy (non-hydrogen) atoms. The smallest absolute Gasteiger partial charge is 0.335 e. The summed E-state index contributed by atoms with van der Waals surface area (Å²) in [7, 11) is 0. The second-order valence-corrected chi connectivity index (χ2v) is 3.73. The van der Waals surface area contributed by atoms with E-state index in [2.05, 4.69) is 0 Å². The van der Waals surface area contributed by atoms with E-state index in [1.165, 1.54) is 4.90 Å². The zero-order valence-corrected chi connectivity index (χ0v) is 9.99. The molecule has 0 aromatic heterocycles. The number of hydrogen-bond acceptors (Lipinski definition) is 4. The molecule has 2 N–H and O–H groups in total. The lowest BCUT2D eigenvalue weighted by Gasteiger charge is -2.28. The first-order valence-electron chi connectivity index (χ1n) is 5.43. The number of amides is 2. The third kappa shape index (κ3) is 3.05. The Bertz CT molecular complexity index is 387. The van der Waals surface area contributed by atoms with Crippen LogP contribution in [0.25, 0.3) is 0 Å². The van der Waals surface area contributed by atoms with Crippen molar-refractivity contribution in [2.24, 2.45) is 5.73 Å². The largest absolute Gasteiger partial charge is 0.463 e. The number of hydrogen-bond donors (Lipinski definition) is 1. The summed E-state index contributed by atoms with van der Waals surface area (Å²) in [6.07, 6.45) is 0.539. The van der Waals surface area contributed by atoms with Gasteiger partial charge in [-0.3, -0.25) is 9.59 Å². The Kier molecular flexibility index (Phi) is 4.25. The van der Waals surface area contributed by atoms with Crippen LogP contribution in [0.2, 0.25) is 0 Å². The molecule has 0 bridgehead atoms. The molecular formula is C11H16N2O4. The summed E-state index contributed by atoms with van der Waals surface area (Å²) in [5, 5.41) is 0. The summed E-state index contributed by atoms with van der Waals surface area (Å²) in [6, 6.07) is 0. The average molecular weight is 240 g/mol. The molecule has 2 amide bonds. The van der Waals surface area contributed by atoms with Gasteiger partial charge in [-0.1, -0.05) is 0 Å². The molecule has 1 aliphatic heterocycles. The monoisotopic (exact) mass is 240 g/mol. The highest BCUT2D eigenvalue weighted by Crippen LogP contribution is 2.23. The Labute approximate surface area is 99.4 Å². The maximum absolute atomic E-state index is 11.6. The normalized spacial score (nSPS) is 16.1. The molecule has 94 valence electrons. The van der Waals surface area contributed by atoms with E-state index in [9.17, 15) is 14.4 Å². The van der Waals surface area contributed by atoms with Gasteiger partial charge in [0.1, 0.15) is 6.54 Å². The zero-order chi connectivity index (χ0) is 13.0. The number of rotatable bonds is 4. The molecule has 0 saturated carbocycles. The third-order valence-electron chi connectivity index (χ3n) is 2.57. The van der Waals surface area contributed by atoms with Crippen LogP contribution in [-0.2, 0) is 19.1 Å². The first-order valence-corrected chi connectivity index (χ1v) is 5.43. The molecule has 0 unspecified atom stereocenters. The van der Waals surface area contributed by atoms with Crippen LogP contribution in [0.3, 0.4) is 0 Å². The number of carbonyl (C=O) groups is 3. The highest BCUT2D eigenvalue weighted by atomic mass is 16.5. The van der Waals surface area contributed by atoms with Crippen molar-refractivity contribution in [3.8, 4) is 0 Å². The van der Waals surface area contributed by atoms with Gasteiger partial charge in [-0.2, -0.15) is 0 Å². The van der Waals surface area contributed by atoms with Crippen molar-refractivity contribution in [3.63, 3.8) is 0 Å². The molecule has 6 heteroatoms. The first-order chi connectivity index (χ1) is 7.97. The zero-order valence-electron chi connectivity index (χ0n) is 9.99. The van der Waals surface area contributed by atoms with Crippen LogP contribution in [0.15, 0.2) is 11.3 Å². The van der Waals surface area contributed by atoms with Gasteiger partial charge in [0, 0.05) is 12.1 Å². The van der Waals surface area contributed by atoms with Crippen LogP contribution in [0, 0.1) is 0 Å². The molecule has 0 saturated heterocycles. The van der Waals surface area contributed by atoms with E-state index >= 15 is 0 Å². The SMILES string of the molecule is CCOC(=O)C1=C(C)N(CC(N)=O)C(=O)CC1. The number of nitrogens with two attached hydrogens (primary N) is 1. The average Bonchev–Trinajstić information content (AvgIpc) is 2.24. The van der Waals surface area contributed by atoms with Crippen LogP contribution in [0.5, 0.6) is 0 Å². The lowest BCUT2D eigenvalue weighted by Crippen LogP contribution is -2.40. The lowest BCUT2D eigenvalue weighted by molar-refractivity contribution is -0.140. The summed E-state index contributed by atoms with van der Waals surface area (Å²) < 4.78 is 4.89. The fourth-order valence-electron chi connectivity index (χ4n) is 1.73. The van der Waals surface area contributed by atoms with Gasteiger partial charge < -0.3 is 15.4 Å². The maximum atomic E-state index is 11.6. The molecule has 1 heterocycles. The second kappa shape index (κ2) is 5.47. The van der Waals surface area contributed by atoms with Gasteiger partial charge >= 0.3 is 5.97 Å². The Hall–Kier alpha value is -1.85. The van der Waals surface area contributed by atoms with Crippen molar-refractivity contribution >= 4 is 17.8 Å². The van der Waals surface area contributed by atoms with Gasteiger partial charge in [0.2, 0.25) is 11.8 Å². The third-order valence-corrected chi connectivity index (χ3v) is 2.57. The molecule has 6 nitrogen and oxygen atoms in total. The van der Waals surface area contributed by atoms with E-state index in [4.69, 9.17) is 10.5 Å². The van der Waals surface area contributed by atoms with Gasteiger partial charge in [0.25, 0.3) is 0 Å². The first kappa shape index (κ1) is 13.2. The van der Waals surface area contributed by atoms with Crippen LogP contribution in [0.1, 0.15) is 26.7 Å². The summed E-state index contributed by atoms with van der Waals surface area (Å²) >= 11 is 0. The van der Waals surface area contributed by atoms with E-state index in [-0.39, 0.29) is 25.5 Å². The van der Waals surface area contributed by atoms with E-state index in [1.807, 2.05) is 0 Å². The Morgan fingerprint density at radius 2 is 2.06 bits per heavy atom. The van der Waals surface area contributed by atoms with Gasteiger partial charge in [-0.05, 0) is 20.3 Å². The van der Waals surface area contributed by atoms with Crippen LogP contribution in [0.4, 0.5) is 0 Å². The van der Waals surface area contributed by atoms with Crippen molar-refractivity contribution in [2.45, 2.75) is 26.7 Å². The van der Waals surface area contributed by atoms with Gasteiger partial charge in [-0.15, -0.1) is 0 Å².